The molecule has 4 rings (SSSR count). The predicted molar refractivity (Wildman–Crippen MR) is 126 cm³/mol. The number of carbonyl (C=O) groups is 4. The Morgan fingerprint density at radius 3 is 1.93 bits per heavy atom. The number of carboxylic acid groups (broad SMARTS) is 2. The number of carbonyl (C=O) groups excluding carboxylic acids is 4. The first-order valence-corrected chi connectivity index (χ1v) is 11.3. The van der Waals surface area contributed by atoms with Gasteiger partial charge in [0.1, 0.15) is 0 Å². The Morgan fingerprint density at radius 1 is 0.750 bits per heavy atom. The van der Waals surface area contributed by atoms with Gasteiger partial charge in [-0.2, -0.15) is 0 Å². The standard InChI is InChI=1S/C27H22N2O8.3K/c30-22(31)12-14-28-24(34)18-8-3-1-6-16(18)20(26(28)36)10-5-11-21-17-7-2-4-9-19(17)25(35)29(27(21)37)15-13-23(32)33;;;/h1-11,36H,12-15H2,(H,30,31)(H,32,33);;;/q;3*+1/p-3/b10-5+,21-11-;;;. The Balaban J connectivity index is 0.00000267. The third-order valence-corrected chi connectivity index (χ3v) is 5.94. The Hall–Kier alpha value is -0.0809. The SMILES string of the molecule is O=C([O-])CCN1C(=O)/C(=C\C=C\c2c([O-])n(CCC(=O)[O-])c(=O)c3ccccc23)c2ccccc2C1=O.[K+].[K+].[K+]. The Kier molecular flexibility index (Phi) is 16.4. The molecule has 188 valence electrons. The fourth-order valence-electron chi connectivity index (χ4n) is 4.18. The molecule has 3 aromatic rings. The van der Waals surface area contributed by atoms with Crippen LogP contribution in [-0.4, -0.2) is 39.8 Å². The minimum absolute atomic E-state index is 0. The van der Waals surface area contributed by atoms with Crippen LogP contribution in [-0.2, 0) is 20.9 Å². The predicted octanol–water partition coefficient (Wildman–Crippen LogP) is -9.55. The second-order valence-corrected chi connectivity index (χ2v) is 8.21. The van der Waals surface area contributed by atoms with E-state index in [1.165, 1.54) is 30.4 Å². The van der Waals surface area contributed by atoms with Crippen molar-refractivity contribution in [2.24, 2.45) is 0 Å². The molecule has 0 atom stereocenters. The Labute approximate surface area is 356 Å². The van der Waals surface area contributed by atoms with Gasteiger partial charge in [-0.25, -0.2) is 0 Å². The summed E-state index contributed by atoms with van der Waals surface area (Å²) >= 11 is 0. The van der Waals surface area contributed by atoms with Crippen LogP contribution in [0.3, 0.4) is 0 Å². The van der Waals surface area contributed by atoms with E-state index in [0.717, 1.165) is 9.47 Å². The molecule has 2 aromatic carbocycles. The molecule has 0 saturated heterocycles. The fourth-order valence-corrected chi connectivity index (χ4v) is 4.18. The molecule has 0 saturated carbocycles. The van der Waals surface area contributed by atoms with Crippen LogP contribution >= 0.6 is 0 Å². The minimum atomic E-state index is -1.41. The van der Waals surface area contributed by atoms with Crippen molar-refractivity contribution in [1.29, 1.82) is 0 Å². The number of hydrogen-bond acceptors (Lipinski definition) is 8. The maximum atomic E-state index is 13.1. The van der Waals surface area contributed by atoms with Gasteiger partial charge in [0.15, 0.2) is 0 Å². The monoisotopic (exact) mass is 616 g/mol. The number of hydrogen-bond donors (Lipinski definition) is 0. The summed E-state index contributed by atoms with van der Waals surface area (Å²) in [5, 5.41) is 35.5. The van der Waals surface area contributed by atoms with Crippen molar-refractivity contribution >= 4 is 46.2 Å². The van der Waals surface area contributed by atoms with Gasteiger partial charge < -0.3 is 29.5 Å². The van der Waals surface area contributed by atoms with Crippen molar-refractivity contribution in [3.8, 4) is 5.88 Å². The first-order chi connectivity index (χ1) is 17.7. The van der Waals surface area contributed by atoms with Crippen LogP contribution in [0.25, 0.3) is 22.4 Å². The number of imide groups is 1. The third kappa shape index (κ3) is 8.51. The maximum Gasteiger partial charge on any atom is 1.00 e. The van der Waals surface area contributed by atoms with E-state index in [2.05, 4.69) is 0 Å². The van der Waals surface area contributed by atoms with Crippen LogP contribution in [0.4, 0.5) is 0 Å². The van der Waals surface area contributed by atoms with Gasteiger partial charge in [0.05, 0.1) is 0 Å². The van der Waals surface area contributed by atoms with Crippen LogP contribution in [0.15, 0.2) is 65.5 Å². The van der Waals surface area contributed by atoms with Crippen LogP contribution < -0.4 is 175 Å². The van der Waals surface area contributed by atoms with Gasteiger partial charge in [0, 0.05) is 54.4 Å². The van der Waals surface area contributed by atoms with Crippen molar-refractivity contribution in [3.05, 3.63) is 87.7 Å². The van der Waals surface area contributed by atoms with E-state index in [1.54, 1.807) is 36.4 Å². The number of amides is 2. The molecule has 10 nitrogen and oxygen atoms in total. The van der Waals surface area contributed by atoms with E-state index >= 15 is 0 Å². The van der Waals surface area contributed by atoms with E-state index in [4.69, 9.17) is 0 Å². The summed E-state index contributed by atoms with van der Waals surface area (Å²) in [5.41, 5.74) is 0.137. The van der Waals surface area contributed by atoms with Gasteiger partial charge in [-0.05, 0) is 40.6 Å². The van der Waals surface area contributed by atoms with Crippen molar-refractivity contribution in [1.82, 2.24) is 9.47 Å². The molecule has 1 aliphatic heterocycles. The second-order valence-electron chi connectivity index (χ2n) is 8.21. The molecule has 0 radical (unpaired) electrons. The molecule has 0 fully saturated rings. The summed E-state index contributed by atoms with van der Waals surface area (Å²) in [4.78, 5) is 61.3. The topological polar surface area (TPSA) is 163 Å². The van der Waals surface area contributed by atoms with Crippen LogP contribution in [0, 0.1) is 0 Å². The second kappa shape index (κ2) is 17.3. The Morgan fingerprint density at radius 2 is 1.30 bits per heavy atom. The molecule has 40 heavy (non-hydrogen) atoms. The van der Waals surface area contributed by atoms with E-state index < -0.39 is 48.0 Å². The summed E-state index contributed by atoms with van der Waals surface area (Å²) < 4.78 is 0.826. The average Bonchev–Trinajstić information content (AvgIpc) is 2.87. The number of aliphatic carboxylic acids is 2. The van der Waals surface area contributed by atoms with Gasteiger partial charge in [0.25, 0.3) is 17.4 Å². The molecule has 13 heteroatoms. The normalized spacial score (nSPS) is 13.4. The van der Waals surface area contributed by atoms with Gasteiger partial charge in [0.2, 0.25) is 0 Å². The number of aromatic nitrogens is 1. The van der Waals surface area contributed by atoms with E-state index in [9.17, 15) is 39.3 Å². The number of allylic oxidation sites excluding steroid dienone is 2. The summed E-state index contributed by atoms with van der Waals surface area (Å²) in [7, 11) is 0. The van der Waals surface area contributed by atoms with Crippen molar-refractivity contribution in [2.75, 3.05) is 6.54 Å². The quantitative estimate of drug-likeness (QED) is 0.137. The minimum Gasteiger partial charge on any atom is -0.860 e. The molecule has 1 aliphatic rings. The fraction of sp³-hybridized carbons (Fsp3) is 0.148. The van der Waals surface area contributed by atoms with Gasteiger partial charge in [-0.15, -0.1) is 0 Å². The number of nitrogens with zero attached hydrogens (tertiary/aromatic N) is 2. The molecule has 0 bridgehead atoms. The van der Waals surface area contributed by atoms with E-state index in [0.29, 0.717) is 10.9 Å². The van der Waals surface area contributed by atoms with Gasteiger partial charge in [-0.3, -0.25) is 19.3 Å². The van der Waals surface area contributed by atoms with Crippen LogP contribution in [0.2, 0.25) is 0 Å². The molecule has 0 N–H and O–H groups in total. The average molecular weight is 617 g/mol. The van der Waals surface area contributed by atoms with Crippen molar-refractivity contribution in [3.63, 3.8) is 0 Å². The van der Waals surface area contributed by atoms with Gasteiger partial charge >= 0.3 is 154 Å². The first kappa shape index (κ1) is 37.9. The molecule has 0 unspecified atom stereocenters. The molecular weight excluding hydrogens is 598 g/mol. The van der Waals surface area contributed by atoms with Gasteiger partial charge in [-0.1, -0.05) is 48.6 Å². The third-order valence-electron chi connectivity index (χ3n) is 5.94. The zero-order valence-corrected chi connectivity index (χ0v) is 31.7. The smallest absolute Gasteiger partial charge is 0.860 e. The first-order valence-electron chi connectivity index (χ1n) is 11.3. The molecule has 0 aliphatic carbocycles. The maximum absolute atomic E-state index is 13.1. The Bertz CT molecular complexity index is 1580. The molecule has 0 spiro atoms. The molecule has 1 aromatic heterocycles. The zero-order valence-electron chi connectivity index (χ0n) is 22.3. The largest absolute Gasteiger partial charge is 1.00 e. The zero-order chi connectivity index (χ0) is 26.7. The number of fused-ring (bicyclic) bond motifs is 2. The molecule has 2 heterocycles. The summed E-state index contributed by atoms with van der Waals surface area (Å²) in [6, 6.07) is 12.7. The van der Waals surface area contributed by atoms with Crippen LogP contribution in [0.5, 0.6) is 5.88 Å². The van der Waals surface area contributed by atoms with E-state index in [-0.39, 0.29) is 189 Å². The van der Waals surface area contributed by atoms with Crippen LogP contribution in [0.1, 0.15) is 34.3 Å². The number of carboxylic acids is 2. The van der Waals surface area contributed by atoms with E-state index in [1.807, 2.05) is 0 Å². The van der Waals surface area contributed by atoms with Crippen molar-refractivity contribution in [2.45, 2.75) is 19.4 Å². The number of rotatable bonds is 8. The summed E-state index contributed by atoms with van der Waals surface area (Å²) in [6.45, 7) is -0.734. The van der Waals surface area contributed by atoms with Crippen molar-refractivity contribution < 1.29 is 189 Å². The summed E-state index contributed by atoms with van der Waals surface area (Å²) in [5.74, 6) is -4.86. The molecular formula is C27H19K3N2O8. The summed E-state index contributed by atoms with van der Waals surface area (Å²) in [6.07, 6.45) is 3.14. The molecule has 2 amide bonds. The number of pyridine rings is 1. The number of benzene rings is 2.